The van der Waals surface area contributed by atoms with E-state index in [1.807, 2.05) is 0 Å². The second-order valence-corrected chi connectivity index (χ2v) is 3.62. The largest absolute Gasteiger partial charge is 0.417 e. The van der Waals surface area contributed by atoms with Crippen molar-refractivity contribution < 1.29 is 18.0 Å². The summed E-state index contributed by atoms with van der Waals surface area (Å²) in [6.45, 7) is 0. The Morgan fingerprint density at radius 1 is 1.28 bits per heavy atom. The van der Waals surface area contributed by atoms with Crippen LogP contribution < -0.4 is 0 Å². The van der Waals surface area contributed by atoms with Crippen molar-refractivity contribution in [2.75, 3.05) is 0 Å². The average Bonchev–Trinajstić information content (AvgIpc) is 2.73. The molecule has 0 aromatic carbocycles. The molecule has 7 heteroatoms. The number of imidazole rings is 1. The topological polar surface area (TPSA) is 47.8 Å². The Hall–Kier alpha value is -2.18. The highest BCUT2D eigenvalue weighted by molar-refractivity contribution is 6.05. The first-order valence-electron chi connectivity index (χ1n) is 4.95. The molecule has 0 aliphatic carbocycles. The van der Waals surface area contributed by atoms with Crippen molar-refractivity contribution >= 4 is 5.78 Å². The number of hydrogen-bond donors (Lipinski definition) is 0. The Morgan fingerprint density at radius 2 is 2.00 bits per heavy atom. The summed E-state index contributed by atoms with van der Waals surface area (Å²) < 4.78 is 38.4. The molecule has 2 rings (SSSR count). The lowest BCUT2D eigenvalue weighted by molar-refractivity contribution is -0.137. The number of ketones is 1. The average molecular weight is 255 g/mol. The lowest BCUT2D eigenvalue weighted by Gasteiger charge is -2.06. The summed E-state index contributed by atoms with van der Waals surface area (Å²) in [5.74, 6) is -0.390. The van der Waals surface area contributed by atoms with Crippen LogP contribution >= 0.6 is 0 Å². The molecule has 0 saturated heterocycles. The number of hydrogen-bond acceptors (Lipinski definition) is 3. The van der Waals surface area contributed by atoms with E-state index in [-0.39, 0.29) is 11.5 Å². The number of carbonyl (C=O) groups is 1. The molecule has 0 atom stereocenters. The second kappa shape index (κ2) is 4.25. The van der Waals surface area contributed by atoms with Crippen molar-refractivity contribution in [1.29, 1.82) is 0 Å². The Kier molecular flexibility index (Phi) is 2.90. The second-order valence-electron chi connectivity index (χ2n) is 3.62. The zero-order valence-corrected chi connectivity index (χ0v) is 9.27. The van der Waals surface area contributed by atoms with E-state index in [0.29, 0.717) is 6.20 Å². The van der Waals surface area contributed by atoms with Crippen LogP contribution in [0.2, 0.25) is 0 Å². The van der Waals surface area contributed by atoms with E-state index in [0.717, 1.165) is 12.1 Å². The molecule has 94 valence electrons. The van der Waals surface area contributed by atoms with Gasteiger partial charge in [0.25, 0.3) is 0 Å². The van der Waals surface area contributed by atoms with Crippen LogP contribution in [0.4, 0.5) is 13.2 Å². The van der Waals surface area contributed by atoms with Crippen LogP contribution in [-0.4, -0.2) is 20.3 Å². The molecule has 0 fully saturated rings. The molecular formula is C11H8F3N3O. The SMILES string of the molecule is Cn1ccnc1C(=O)c1ccc(C(F)(F)F)cn1. The first-order valence-corrected chi connectivity index (χ1v) is 4.95. The minimum absolute atomic E-state index is 0.0719. The lowest BCUT2D eigenvalue weighted by atomic mass is 10.2. The van der Waals surface area contributed by atoms with E-state index in [9.17, 15) is 18.0 Å². The summed E-state index contributed by atoms with van der Waals surface area (Å²) in [6, 6.07) is 1.86. The van der Waals surface area contributed by atoms with Gasteiger partial charge in [0.2, 0.25) is 5.78 Å². The molecule has 0 amide bonds. The predicted octanol–water partition coefficient (Wildman–Crippen LogP) is 2.06. The van der Waals surface area contributed by atoms with Crippen LogP contribution in [0.15, 0.2) is 30.7 Å². The molecule has 2 aromatic rings. The van der Waals surface area contributed by atoms with Crippen molar-refractivity contribution in [3.8, 4) is 0 Å². The van der Waals surface area contributed by atoms with Crippen molar-refractivity contribution in [2.45, 2.75) is 6.18 Å². The molecule has 4 nitrogen and oxygen atoms in total. The normalized spacial score (nSPS) is 11.6. The monoisotopic (exact) mass is 255 g/mol. The molecule has 0 N–H and O–H groups in total. The molecule has 0 aliphatic rings. The summed E-state index contributed by atoms with van der Waals surface area (Å²) in [6.07, 6.45) is -0.831. The number of alkyl halides is 3. The predicted molar refractivity (Wildman–Crippen MR) is 55.9 cm³/mol. The minimum Gasteiger partial charge on any atom is -0.331 e. The molecule has 0 unspecified atom stereocenters. The van der Waals surface area contributed by atoms with Gasteiger partial charge in [-0.2, -0.15) is 13.2 Å². The summed E-state index contributed by atoms with van der Waals surface area (Å²) >= 11 is 0. The Labute approximate surface area is 100 Å². The van der Waals surface area contributed by atoms with Crippen LogP contribution in [0.1, 0.15) is 21.9 Å². The smallest absolute Gasteiger partial charge is 0.331 e. The van der Waals surface area contributed by atoms with E-state index in [1.54, 1.807) is 13.2 Å². The number of rotatable bonds is 2. The van der Waals surface area contributed by atoms with Crippen LogP contribution in [0, 0.1) is 0 Å². The fourth-order valence-electron chi connectivity index (χ4n) is 1.39. The number of halogens is 3. The van der Waals surface area contributed by atoms with E-state index in [4.69, 9.17) is 0 Å². The van der Waals surface area contributed by atoms with E-state index in [2.05, 4.69) is 9.97 Å². The maximum absolute atomic E-state index is 12.3. The lowest BCUT2D eigenvalue weighted by Crippen LogP contribution is -2.12. The van der Waals surface area contributed by atoms with Crippen LogP contribution in [-0.2, 0) is 13.2 Å². The van der Waals surface area contributed by atoms with Gasteiger partial charge in [-0.3, -0.25) is 9.78 Å². The standard InChI is InChI=1S/C11H8F3N3O/c1-17-5-4-15-10(17)9(18)8-3-2-7(6-16-8)11(12,13)14/h2-6H,1H3. The third-order valence-electron chi connectivity index (χ3n) is 2.35. The number of pyridine rings is 1. The molecule has 0 bridgehead atoms. The molecule has 18 heavy (non-hydrogen) atoms. The first-order chi connectivity index (χ1) is 8.39. The number of nitrogens with zero attached hydrogens (tertiary/aromatic N) is 3. The zero-order chi connectivity index (χ0) is 13.3. The minimum atomic E-state index is -4.46. The molecule has 0 spiro atoms. The van der Waals surface area contributed by atoms with Gasteiger partial charge in [-0.15, -0.1) is 0 Å². The molecule has 2 heterocycles. The maximum Gasteiger partial charge on any atom is 0.417 e. The van der Waals surface area contributed by atoms with Gasteiger partial charge in [0.1, 0.15) is 5.69 Å². The maximum atomic E-state index is 12.3. The van der Waals surface area contributed by atoms with Crippen molar-refractivity contribution in [1.82, 2.24) is 14.5 Å². The van der Waals surface area contributed by atoms with Gasteiger partial charge in [0, 0.05) is 25.6 Å². The van der Waals surface area contributed by atoms with Gasteiger partial charge in [-0.05, 0) is 12.1 Å². The van der Waals surface area contributed by atoms with Gasteiger partial charge < -0.3 is 4.57 Å². The Morgan fingerprint density at radius 3 is 2.44 bits per heavy atom. The molecule has 0 radical (unpaired) electrons. The molecular weight excluding hydrogens is 247 g/mol. The van der Waals surface area contributed by atoms with Crippen molar-refractivity contribution in [3.63, 3.8) is 0 Å². The van der Waals surface area contributed by atoms with Gasteiger partial charge in [0.05, 0.1) is 5.56 Å². The quantitative estimate of drug-likeness (QED) is 0.772. The summed E-state index contributed by atoms with van der Waals surface area (Å²) in [5.41, 5.74) is -0.962. The van der Waals surface area contributed by atoms with Gasteiger partial charge in [0.15, 0.2) is 5.82 Å². The van der Waals surface area contributed by atoms with Crippen LogP contribution in [0.25, 0.3) is 0 Å². The Bertz CT molecular complexity index is 572. The Balaban J connectivity index is 2.31. The van der Waals surface area contributed by atoms with Crippen molar-refractivity contribution in [2.24, 2.45) is 7.05 Å². The van der Waals surface area contributed by atoms with Crippen LogP contribution in [0.3, 0.4) is 0 Å². The van der Waals surface area contributed by atoms with E-state index in [1.165, 1.54) is 10.8 Å². The van der Waals surface area contributed by atoms with Gasteiger partial charge in [-0.25, -0.2) is 4.98 Å². The summed E-state index contributed by atoms with van der Waals surface area (Å²) in [5, 5.41) is 0. The zero-order valence-electron chi connectivity index (χ0n) is 9.27. The third kappa shape index (κ3) is 2.24. The number of aromatic nitrogens is 3. The number of aryl methyl sites for hydroxylation is 1. The van der Waals surface area contributed by atoms with E-state index >= 15 is 0 Å². The highest BCUT2D eigenvalue weighted by atomic mass is 19.4. The first kappa shape index (κ1) is 12.3. The summed E-state index contributed by atoms with van der Waals surface area (Å²) in [7, 11) is 1.62. The van der Waals surface area contributed by atoms with Gasteiger partial charge >= 0.3 is 6.18 Å². The molecule has 0 aliphatic heterocycles. The highest BCUT2D eigenvalue weighted by Crippen LogP contribution is 2.28. The third-order valence-corrected chi connectivity index (χ3v) is 2.35. The number of carbonyl (C=O) groups excluding carboxylic acids is 1. The van der Waals surface area contributed by atoms with Crippen LogP contribution in [0.5, 0.6) is 0 Å². The fourth-order valence-corrected chi connectivity index (χ4v) is 1.39. The fraction of sp³-hybridized carbons (Fsp3) is 0.182. The van der Waals surface area contributed by atoms with Gasteiger partial charge in [-0.1, -0.05) is 0 Å². The molecule has 0 saturated carbocycles. The summed E-state index contributed by atoms with van der Waals surface area (Å²) in [4.78, 5) is 19.2. The highest BCUT2D eigenvalue weighted by Gasteiger charge is 2.31. The molecule has 2 aromatic heterocycles. The van der Waals surface area contributed by atoms with E-state index < -0.39 is 17.5 Å². The van der Waals surface area contributed by atoms with Crippen molar-refractivity contribution in [3.05, 3.63) is 47.8 Å².